The van der Waals surface area contributed by atoms with Gasteiger partial charge in [-0.15, -0.1) is 0 Å². The molecule has 0 saturated carbocycles. The molecule has 0 aliphatic rings. The van der Waals surface area contributed by atoms with Gasteiger partial charge >= 0.3 is 6.92 Å². The maximum absolute atomic E-state index is 9.55. The number of hydrogen-bond acceptors (Lipinski definition) is 2. The van der Waals surface area contributed by atoms with Gasteiger partial charge in [0.15, 0.2) is 0 Å². The van der Waals surface area contributed by atoms with Gasteiger partial charge in [0.05, 0.1) is 5.69 Å². The molecule has 0 unspecified atom stereocenters. The molecular weight excluding hydrogens is 187 g/mol. The first-order valence-corrected chi connectivity index (χ1v) is 4.97. The summed E-state index contributed by atoms with van der Waals surface area (Å²) in [7, 11) is 0. The Bertz CT molecular complexity index is 448. The third kappa shape index (κ3) is 1.95. The molecule has 2 rings (SSSR count). The number of hydrogen-bond donors (Lipinski definition) is 1. The zero-order valence-corrected chi connectivity index (χ0v) is 8.88. The molecule has 0 amide bonds. The smallest absolute Gasteiger partial charge is 0.340 e. The average molecular weight is 200 g/mol. The molecule has 0 fully saturated rings. The molecule has 1 aromatic carbocycles. The Morgan fingerprint density at radius 2 is 1.87 bits per heavy atom. The van der Waals surface area contributed by atoms with E-state index >= 15 is 0 Å². The Balaban J connectivity index is 2.45. The predicted octanol–water partition coefficient (Wildman–Crippen LogP) is 1.00. The molecule has 0 bridgehead atoms. The van der Waals surface area contributed by atoms with Gasteiger partial charge in [0.2, 0.25) is 0 Å². The molecule has 0 aliphatic carbocycles. The molecular formula is C11H13BN2O. The van der Waals surface area contributed by atoms with Crippen LogP contribution in [-0.4, -0.2) is 21.7 Å². The highest BCUT2D eigenvalue weighted by molar-refractivity contribution is 6.64. The summed E-state index contributed by atoms with van der Waals surface area (Å²) in [4.78, 5) is 0. The maximum atomic E-state index is 9.55. The zero-order valence-electron chi connectivity index (χ0n) is 8.88. The fraction of sp³-hybridized carbons (Fsp3) is 0.182. The minimum atomic E-state index is -0.506. The van der Waals surface area contributed by atoms with Crippen molar-refractivity contribution in [1.29, 1.82) is 0 Å². The SMILES string of the molecule is CB(O)c1ccnn1-c1ccc(C)cc1. The first-order chi connectivity index (χ1) is 7.18. The van der Waals surface area contributed by atoms with E-state index in [2.05, 4.69) is 5.10 Å². The summed E-state index contributed by atoms with van der Waals surface area (Å²) in [6.07, 6.45) is 1.70. The molecule has 76 valence electrons. The molecule has 2 aromatic rings. The van der Waals surface area contributed by atoms with Gasteiger partial charge < -0.3 is 5.02 Å². The second kappa shape index (κ2) is 3.91. The third-order valence-corrected chi connectivity index (χ3v) is 2.38. The molecule has 3 nitrogen and oxygen atoms in total. The normalized spacial score (nSPS) is 10.3. The minimum Gasteiger partial charge on any atom is -0.446 e. The van der Waals surface area contributed by atoms with Crippen molar-refractivity contribution >= 4 is 12.5 Å². The molecule has 0 aliphatic heterocycles. The van der Waals surface area contributed by atoms with Gasteiger partial charge in [-0.25, -0.2) is 4.68 Å². The molecule has 4 heteroatoms. The van der Waals surface area contributed by atoms with Crippen LogP contribution in [-0.2, 0) is 0 Å². The van der Waals surface area contributed by atoms with Crippen molar-refractivity contribution in [2.24, 2.45) is 0 Å². The second-order valence-electron chi connectivity index (χ2n) is 3.68. The second-order valence-corrected chi connectivity index (χ2v) is 3.68. The average Bonchev–Trinajstić information content (AvgIpc) is 2.67. The lowest BCUT2D eigenvalue weighted by Gasteiger charge is -2.07. The highest BCUT2D eigenvalue weighted by Crippen LogP contribution is 2.06. The molecule has 0 spiro atoms. The van der Waals surface area contributed by atoms with Crippen molar-refractivity contribution < 1.29 is 5.02 Å². The van der Waals surface area contributed by atoms with E-state index in [0.717, 1.165) is 11.3 Å². The predicted molar refractivity (Wildman–Crippen MR) is 61.8 cm³/mol. The first-order valence-electron chi connectivity index (χ1n) is 4.97. The van der Waals surface area contributed by atoms with Crippen LogP contribution in [0.15, 0.2) is 36.5 Å². The molecule has 0 saturated heterocycles. The highest BCUT2D eigenvalue weighted by atomic mass is 16.2. The molecule has 1 N–H and O–H groups in total. The monoisotopic (exact) mass is 200 g/mol. The summed E-state index contributed by atoms with van der Waals surface area (Å²) < 4.78 is 1.75. The van der Waals surface area contributed by atoms with E-state index < -0.39 is 6.92 Å². The van der Waals surface area contributed by atoms with Gasteiger partial charge in [-0.2, -0.15) is 5.10 Å². The summed E-state index contributed by atoms with van der Waals surface area (Å²) in [5.41, 5.74) is 2.99. The van der Waals surface area contributed by atoms with Gasteiger partial charge in [-0.3, -0.25) is 0 Å². The van der Waals surface area contributed by atoms with E-state index in [4.69, 9.17) is 0 Å². The van der Waals surface area contributed by atoms with Crippen molar-refractivity contribution in [1.82, 2.24) is 9.78 Å². The van der Waals surface area contributed by atoms with Gasteiger partial charge in [-0.05, 0) is 25.1 Å². The summed E-state index contributed by atoms with van der Waals surface area (Å²) in [5.74, 6) is 0. The summed E-state index contributed by atoms with van der Waals surface area (Å²) >= 11 is 0. The quantitative estimate of drug-likeness (QED) is 0.734. The van der Waals surface area contributed by atoms with E-state index in [1.165, 1.54) is 5.56 Å². The summed E-state index contributed by atoms with van der Waals surface area (Å²) in [6, 6.07) is 9.87. The number of rotatable bonds is 2. The molecule has 1 aromatic heterocycles. The van der Waals surface area contributed by atoms with E-state index in [0.29, 0.717) is 0 Å². The van der Waals surface area contributed by atoms with Crippen LogP contribution in [0.25, 0.3) is 5.69 Å². The zero-order chi connectivity index (χ0) is 10.8. The lowest BCUT2D eigenvalue weighted by Crippen LogP contribution is -2.33. The van der Waals surface area contributed by atoms with E-state index in [1.807, 2.05) is 37.3 Å². The van der Waals surface area contributed by atoms with Crippen molar-refractivity contribution in [2.75, 3.05) is 0 Å². The largest absolute Gasteiger partial charge is 0.446 e. The third-order valence-electron chi connectivity index (χ3n) is 2.38. The minimum absolute atomic E-state index is 0.506. The number of nitrogens with zero attached hydrogens (tertiary/aromatic N) is 2. The topological polar surface area (TPSA) is 38.1 Å². The summed E-state index contributed by atoms with van der Waals surface area (Å²) in [6.45, 7) is 3.28. The Hall–Kier alpha value is -1.55. The van der Waals surface area contributed by atoms with Crippen LogP contribution in [0.2, 0.25) is 6.82 Å². The van der Waals surface area contributed by atoms with Gasteiger partial charge in [0.1, 0.15) is 0 Å². The highest BCUT2D eigenvalue weighted by Gasteiger charge is 2.13. The lowest BCUT2D eigenvalue weighted by molar-refractivity contribution is 0.590. The van der Waals surface area contributed by atoms with Crippen LogP contribution in [0, 0.1) is 6.92 Å². The van der Waals surface area contributed by atoms with Crippen molar-refractivity contribution in [3.05, 3.63) is 42.1 Å². The van der Waals surface area contributed by atoms with Crippen LogP contribution in [0.4, 0.5) is 0 Å². The van der Waals surface area contributed by atoms with Crippen LogP contribution < -0.4 is 5.59 Å². The Kier molecular flexibility index (Phi) is 2.60. The number of aryl methyl sites for hydroxylation is 1. The van der Waals surface area contributed by atoms with Crippen molar-refractivity contribution in [3.63, 3.8) is 0 Å². The van der Waals surface area contributed by atoms with Crippen LogP contribution in [0.3, 0.4) is 0 Å². The number of benzene rings is 1. The first kappa shape index (κ1) is 9.99. The van der Waals surface area contributed by atoms with Crippen molar-refractivity contribution in [2.45, 2.75) is 13.7 Å². The van der Waals surface area contributed by atoms with Crippen LogP contribution >= 0.6 is 0 Å². The Morgan fingerprint density at radius 3 is 2.47 bits per heavy atom. The fourth-order valence-corrected chi connectivity index (χ4v) is 1.53. The van der Waals surface area contributed by atoms with Crippen LogP contribution in [0.5, 0.6) is 0 Å². The van der Waals surface area contributed by atoms with E-state index in [1.54, 1.807) is 17.7 Å². The lowest BCUT2D eigenvalue weighted by atomic mass is 9.68. The fourth-order valence-electron chi connectivity index (χ4n) is 1.53. The van der Waals surface area contributed by atoms with Gasteiger partial charge in [0, 0.05) is 11.8 Å². The van der Waals surface area contributed by atoms with Gasteiger partial charge in [0.25, 0.3) is 0 Å². The molecule has 15 heavy (non-hydrogen) atoms. The Labute approximate surface area is 89.5 Å². The molecule has 1 heterocycles. The standard InChI is InChI=1S/C11H13BN2O/c1-9-3-5-10(6-4-9)14-11(12(2)15)7-8-13-14/h3-8,15H,1-2H3. The van der Waals surface area contributed by atoms with E-state index in [9.17, 15) is 5.02 Å². The maximum Gasteiger partial charge on any atom is 0.340 e. The summed E-state index contributed by atoms with van der Waals surface area (Å²) in [5, 5.41) is 13.7. The molecule has 0 atom stereocenters. The number of aromatic nitrogens is 2. The molecule has 0 radical (unpaired) electrons. The van der Waals surface area contributed by atoms with Gasteiger partial charge in [-0.1, -0.05) is 24.5 Å². The van der Waals surface area contributed by atoms with E-state index in [-0.39, 0.29) is 0 Å². The van der Waals surface area contributed by atoms with Crippen LogP contribution in [0.1, 0.15) is 5.56 Å². The Morgan fingerprint density at radius 1 is 1.20 bits per heavy atom. The van der Waals surface area contributed by atoms with Crippen molar-refractivity contribution in [3.8, 4) is 5.69 Å².